The van der Waals surface area contributed by atoms with Gasteiger partial charge < -0.3 is 10.2 Å². The van der Waals surface area contributed by atoms with Crippen molar-refractivity contribution in [1.82, 2.24) is 19.9 Å². The minimum absolute atomic E-state index is 0.409. The second kappa shape index (κ2) is 9.40. The number of anilines is 1. The Hall–Kier alpha value is -3.04. The molecule has 0 atom stereocenters. The molecule has 3 aromatic rings. The van der Waals surface area contributed by atoms with E-state index >= 15 is 0 Å². The lowest BCUT2D eigenvalue weighted by Gasteiger charge is -2.32. The van der Waals surface area contributed by atoms with Gasteiger partial charge in [0.2, 0.25) is 0 Å². The van der Waals surface area contributed by atoms with Gasteiger partial charge in [0, 0.05) is 30.5 Å². The van der Waals surface area contributed by atoms with Crippen LogP contribution < -0.4 is 5.32 Å². The molecule has 31 heavy (non-hydrogen) atoms. The van der Waals surface area contributed by atoms with Crippen LogP contribution in [0.2, 0.25) is 0 Å². The quantitative estimate of drug-likeness (QED) is 0.632. The maximum Gasteiger partial charge on any atom is 0.140 e. The van der Waals surface area contributed by atoms with Crippen LogP contribution in [0.4, 0.5) is 5.69 Å². The van der Waals surface area contributed by atoms with Gasteiger partial charge in [0.1, 0.15) is 17.3 Å². The first-order valence-electron chi connectivity index (χ1n) is 11.1. The standard InChI is InChI=1S/C25H30N6/c1-4-18-14-28-23-12-11-22(19-7-10-21(13-26)27-15-19)30-25(23)24(18)29-20-8-5-17(6-9-20)16-31(2)3/h7,10-12,14-15,17,20H,4-6,8-9,16H2,1-3H3,(H,28,29). The molecule has 1 aliphatic carbocycles. The van der Waals surface area contributed by atoms with E-state index in [2.05, 4.69) is 47.3 Å². The zero-order valence-corrected chi connectivity index (χ0v) is 18.6. The van der Waals surface area contributed by atoms with Crippen LogP contribution in [0, 0.1) is 17.2 Å². The van der Waals surface area contributed by atoms with Gasteiger partial charge in [0.05, 0.1) is 16.9 Å². The Morgan fingerprint density at radius 3 is 2.52 bits per heavy atom. The highest BCUT2D eigenvalue weighted by Gasteiger charge is 2.23. The van der Waals surface area contributed by atoms with Crippen molar-refractivity contribution in [3.8, 4) is 17.3 Å². The van der Waals surface area contributed by atoms with Gasteiger partial charge in [0.15, 0.2) is 0 Å². The van der Waals surface area contributed by atoms with Crippen LogP contribution >= 0.6 is 0 Å². The van der Waals surface area contributed by atoms with Gasteiger partial charge in [-0.3, -0.25) is 4.98 Å². The highest BCUT2D eigenvalue weighted by Crippen LogP contribution is 2.32. The molecule has 160 valence electrons. The zero-order valence-electron chi connectivity index (χ0n) is 18.6. The molecule has 1 saturated carbocycles. The van der Waals surface area contributed by atoms with E-state index in [0.717, 1.165) is 40.3 Å². The molecule has 0 amide bonds. The first-order valence-corrected chi connectivity index (χ1v) is 11.1. The molecule has 0 spiro atoms. The summed E-state index contributed by atoms with van der Waals surface area (Å²) >= 11 is 0. The van der Waals surface area contributed by atoms with E-state index < -0.39 is 0 Å². The average molecular weight is 415 g/mol. The Balaban J connectivity index is 1.63. The van der Waals surface area contributed by atoms with Crippen LogP contribution in [-0.2, 0) is 6.42 Å². The third-order valence-corrected chi connectivity index (χ3v) is 6.16. The molecule has 0 unspecified atom stereocenters. The molecule has 0 aliphatic heterocycles. The second-order valence-corrected chi connectivity index (χ2v) is 8.74. The van der Waals surface area contributed by atoms with Gasteiger partial charge in [-0.05, 0) is 81.9 Å². The highest BCUT2D eigenvalue weighted by molar-refractivity contribution is 5.91. The topological polar surface area (TPSA) is 77.7 Å². The van der Waals surface area contributed by atoms with Crippen LogP contribution in [-0.4, -0.2) is 46.5 Å². The molecule has 0 aromatic carbocycles. The molecule has 0 radical (unpaired) electrons. The molecule has 1 N–H and O–H groups in total. The van der Waals surface area contributed by atoms with E-state index in [1.807, 2.05) is 24.4 Å². The predicted octanol–water partition coefficient (Wildman–Crippen LogP) is 4.66. The maximum absolute atomic E-state index is 9.00. The monoisotopic (exact) mass is 414 g/mol. The molecule has 3 aromatic heterocycles. The third-order valence-electron chi connectivity index (χ3n) is 6.16. The number of hydrogen-bond donors (Lipinski definition) is 1. The van der Waals surface area contributed by atoms with Crippen molar-refractivity contribution in [1.29, 1.82) is 5.26 Å². The number of aromatic nitrogens is 3. The van der Waals surface area contributed by atoms with Gasteiger partial charge in [0.25, 0.3) is 0 Å². The smallest absolute Gasteiger partial charge is 0.140 e. The first-order chi connectivity index (χ1) is 15.1. The van der Waals surface area contributed by atoms with Gasteiger partial charge >= 0.3 is 0 Å². The molecule has 1 aliphatic rings. The normalized spacial score (nSPS) is 18.8. The number of rotatable bonds is 6. The van der Waals surface area contributed by atoms with Crippen LogP contribution in [0.3, 0.4) is 0 Å². The zero-order chi connectivity index (χ0) is 21.8. The van der Waals surface area contributed by atoms with Crippen molar-refractivity contribution < 1.29 is 0 Å². The molecule has 4 rings (SSSR count). The second-order valence-electron chi connectivity index (χ2n) is 8.74. The number of pyridine rings is 3. The Labute approximate surface area is 184 Å². The minimum Gasteiger partial charge on any atom is -0.380 e. The summed E-state index contributed by atoms with van der Waals surface area (Å²) in [7, 11) is 4.32. The van der Waals surface area contributed by atoms with E-state index in [9.17, 15) is 0 Å². The summed E-state index contributed by atoms with van der Waals surface area (Å²) in [5.74, 6) is 0.793. The largest absolute Gasteiger partial charge is 0.380 e. The van der Waals surface area contributed by atoms with Crippen LogP contribution in [0.1, 0.15) is 43.9 Å². The third kappa shape index (κ3) is 4.83. The highest BCUT2D eigenvalue weighted by atomic mass is 15.1. The number of nitriles is 1. The van der Waals surface area contributed by atoms with Crippen molar-refractivity contribution >= 4 is 16.7 Å². The Morgan fingerprint density at radius 2 is 1.87 bits per heavy atom. The summed E-state index contributed by atoms with van der Waals surface area (Å²) in [4.78, 5) is 16.1. The van der Waals surface area contributed by atoms with E-state index in [4.69, 9.17) is 10.2 Å². The van der Waals surface area contributed by atoms with Crippen LogP contribution in [0.25, 0.3) is 22.3 Å². The Morgan fingerprint density at radius 1 is 1.06 bits per heavy atom. The summed E-state index contributed by atoms with van der Waals surface area (Å²) in [5.41, 5.74) is 6.28. The fraction of sp³-hybridized carbons (Fsp3) is 0.440. The fourth-order valence-corrected chi connectivity index (χ4v) is 4.52. The number of nitrogens with one attached hydrogen (secondary N) is 1. The van der Waals surface area contributed by atoms with Crippen LogP contribution in [0.15, 0.2) is 36.7 Å². The number of hydrogen-bond acceptors (Lipinski definition) is 6. The van der Waals surface area contributed by atoms with Crippen molar-refractivity contribution in [3.05, 3.63) is 47.9 Å². The number of aryl methyl sites for hydroxylation is 1. The average Bonchev–Trinajstić information content (AvgIpc) is 2.80. The van der Waals surface area contributed by atoms with E-state index in [1.165, 1.54) is 37.8 Å². The van der Waals surface area contributed by atoms with E-state index in [0.29, 0.717) is 11.7 Å². The van der Waals surface area contributed by atoms with Crippen LogP contribution in [0.5, 0.6) is 0 Å². The van der Waals surface area contributed by atoms with Gasteiger partial charge in [-0.2, -0.15) is 5.26 Å². The van der Waals surface area contributed by atoms with Crippen molar-refractivity contribution in [3.63, 3.8) is 0 Å². The fourth-order valence-electron chi connectivity index (χ4n) is 4.52. The molecule has 6 heteroatoms. The first kappa shape index (κ1) is 21.2. The lowest BCUT2D eigenvalue weighted by molar-refractivity contribution is 0.255. The summed E-state index contributed by atoms with van der Waals surface area (Å²) in [5, 5.41) is 12.8. The summed E-state index contributed by atoms with van der Waals surface area (Å²) < 4.78 is 0. The SMILES string of the molecule is CCc1cnc2ccc(-c3ccc(C#N)nc3)nc2c1NC1CCC(CN(C)C)CC1. The van der Waals surface area contributed by atoms with Crippen molar-refractivity contribution in [2.24, 2.45) is 5.92 Å². The molecular weight excluding hydrogens is 384 g/mol. The maximum atomic E-state index is 9.00. The Bertz CT molecular complexity index is 1080. The Kier molecular flexibility index (Phi) is 6.43. The summed E-state index contributed by atoms with van der Waals surface area (Å²) in [6.07, 6.45) is 9.49. The lowest BCUT2D eigenvalue weighted by atomic mass is 9.85. The van der Waals surface area contributed by atoms with Crippen molar-refractivity contribution in [2.75, 3.05) is 26.0 Å². The molecule has 0 bridgehead atoms. The van der Waals surface area contributed by atoms with Gasteiger partial charge in [-0.1, -0.05) is 6.92 Å². The van der Waals surface area contributed by atoms with Crippen molar-refractivity contribution in [2.45, 2.75) is 45.1 Å². The summed E-state index contributed by atoms with van der Waals surface area (Å²) in [6, 6.07) is 10.2. The molecular formula is C25H30N6. The molecule has 3 heterocycles. The number of fused-ring (bicyclic) bond motifs is 1. The minimum atomic E-state index is 0.409. The predicted molar refractivity (Wildman–Crippen MR) is 125 cm³/mol. The number of nitrogens with zero attached hydrogens (tertiary/aromatic N) is 5. The van der Waals surface area contributed by atoms with Gasteiger partial charge in [-0.25, -0.2) is 9.97 Å². The van der Waals surface area contributed by atoms with E-state index in [1.54, 1.807) is 12.3 Å². The molecule has 0 saturated heterocycles. The van der Waals surface area contributed by atoms with Gasteiger partial charge in [-0.15, -0.1) is 0 Å². The summed E-state index contributed by atoms with van der Waals surface area (Å²) in [6.45, 7) is 3.34. The molecule has 6 nitrogen and oxygen atoms in total. The molecule has 1 fully saturated rings. The lowest BCUT2D eigenvalue weighted by Crippen LogP contribution is -2.31. The van der Waals surface area contributed by atoms with E-state index in [-0.39, 0.29) is 0 Å².